The van der Waals surface area contributed by atoms with Gasteiger partial charge in [-0.2, -0.15) is 0 Å². The Morgan fingerprint density at radius 1 is 0.448 bits per heavy atom. The van der Waals surface area contributed by atoms with E-state index in [-0.39, 0.29) is 5.41 Å². The molecule has 3 heterocycles. The lowest BCUT2D eigenvalue weighted by Crippen LogP contribution is -2.55. The number of pyridine rings is 1. The predicted molar refractivity (Wildman–Crippen MR) is 239 cm³/mol. The van der Waals surface area contributed by atoms with Gasteiger partial charge < -0.3 is 9.13 Å². The van der Waals surface area contributed by atoms with Gasteiger partial charge >= 0.3 is 0 Å². The summed E-state index contributed by atoms with van der Waals surface area (Å²) in [6.45, 7) is 0. The first-order valence-corrected chi connectivity index (χ1v) is 21.4. The zero-order valence-electron chi connectivity index (χ0n) is 32.3. The predicted octanol–water partition coefficient (Wildman–Crippen LogP) is 13.8. The molecule has 1 spiro atoms. The van der Waals surface area contributed by atoms with Crippen molar-refractivity contribution in [2.45, 2.75) is 37.5 Å². The number of hydrogen-bond donors (Lipinski definition) is 0. The summed E-state index contributed by atoms with van der Waals surface area (Å²) in [5, 5.41) is 6.24. The number of rotatable bonds is 3. The van der Waals surface area contributed by atoms with Crippen molar-refractivity contribution in [2.24, 2.45) is 23.7 Å². The maximum absolute atomic E-state index is 4.84. The zero-order chi connectivity index (χ0) is 37.7. The van der Waals surface area contributed by atoms with Gasteiger partial charge in [0.25, 0.3) is 0 Å². The molecule has 3 aromatic heterocycles. The lowest BCUT2D eigenvalue weighted by molar-refractivity contribution is -0.0399. The summed E-state index contributed by atoms with van der Waals surface area (Å²) in [6, 6.07) is 59.6. The summed E-state index contributed by atoms with van der Waals surface area (Å²) in [6.07, 6.45) is 8.96. The molecule has 0 aliphatic heterocycles. The third-order valence-corrected chi connectivity index (χ3v) is 15.3. The van der Waals surface area contributed by atoms with Gasteiger partial charge in [0, 0.05) is 44.2 Å². The van der Waals surface area contributed by atoms with E-state index in [0.29, 0.717) is 0 Å². The van der Waals surface area contributed by atoms with Crippen molar-refractivity contribution in [3.63, 3.8) is 0 Å². The van der Waals surface area contributed by atoms with Gasteiger partial charge in [0.05, 0.1) is 33.3 Å². The Morgan fingerprint density at radius 3 is 1.79 bits per heavy atom. The van der Waals surface area contributed by atoms with Crippen LogP contribution in [0.3, 0.4) is 0 Å². The fourth-order valence-electron chi connectivity index (χ4n) is 13.4. The molecule has 0 atom stereocenters. The maximum Gasteiger partial charge on any atom is 0.0942 e. The Kier molecular flexibility index (Phi) is 6.19. The second-order valence-corrected chi connectivity index (χ2v) is 18.0. The number of fused-ring (bicyclic) bond motifs is 10. The van der Waals surface area contributed by atoms with Gasteiger partial charge in [-0.25, -0.2) is 0 Å². The largest absolute Gasteiger partial charge is 0.309 e. The summed E-state index contributed by atoms with van der Waals surface area (Å²) in [7, 11) is 0. The summed E-state index contributed by atoms with van der Waals surface area (Å²) >= 11 is 0. The van der Waals surface area contributed by atoms with Gasteiger partial charge in [-0.1, -0.05) is 97.1 Å². The number of hydrogen-bond acceptors (Lipinski definition) is 1. The quantitative estimate of drug-likeness (QED) is 0.177. The molecule has 0 unspecified atom stereocenters. The van der Waals surface area contributed by atoms with E-state index in [9.17, 15) is 0 Å². The second-order valence-electron chi connectivity index (χ2n) is 18.0. The smallest absolute Gasteiger partial charge is 0.0942 e. The molecular formula is C55H41N3. The van der Waals surface area contributed by atoms with Gasteiger partial charge in [-0.3, -0.25) is 4.98 Å². The Hall–Kier alpha value is -6.45. The van der Waals surface area contributed by atoms with E-state index in [1.54, 1.807) is 11.1 Å². The number of benzene rings is 7. The first-order valence-electron chi connectivity index (χ1n) is 21.4. The fraction of sp³-hybridized carbons (Fsp3) is 0.182. The molecule has 4 bridgehead atoms. The molecule has 4 fully saturated rings. The van der Waals surface area contributed by atoms with E-state index in [2.05, 4.69) is 161 Å². The number of para-hydroxylation sites is 3. The fourth-order valence-corrected chi connectivity index (χ4v) is 13.4. The van der Waals surface area contributed by atoms with Crippen molar-refractivity contribution >= 4 is 54.5 Å². The average molecular weight is 744 g/mol. The molecule has 7 aromatic carbocycles. The summed E-state index contributed by atoms with van der Waals surface area (Å²) in [4.78, 5) is 4.84. The van der Waals surface area contributed by atoms with Crippen molar-refractivity contribution in [2.75, 3.05) is 0 Å². The number of nitrogens with zero attached hydrogens (tertiary/aromatic N) is 3. The average Bonchev–Trinajstić information content (AvgIpc) is 3.88. The van der Waals surface area contributed by atoms with Crippen LogP contribution in [-0.2, 0) is 5.41 Å². The standard InChI is InChI=1S/C55H41N3/c1-4-14-47-41(11-1)42-21-20-40(32-48(42)55(47)38-26-33-25-34(28-38)29-39(55)27-33)57-49-15-5-2-12-43(49)45-30-36(18-22-51(45)57)37-19-23-52-46(31-37)44-13-3-6-16-50(44)58(52)53-17-7-9-35-10-8-24-56-54(35)53/h1-24,30-34,38-39H,25-29H2. The number of aromatic nitrogens is 3. The third kappa shape index (κ3) is 4.02. The molecule has 0 saturated heterocycles. The highest BCUT2D eigenvalue weighted by molar-refractivity contribution is 6.13. The van der Waals surface area contributed by atoms with E-state index in [1.807, 2.05) is 12.3 Å². The molecule has 5 aliphatic carbocycles. The highest BCUT2D eigenvalue weighted by Crippen LogP contribution is 2.69. The Bertz CT molecular complexity index is 3340. The summed E-state index contributed by atoms with van der Waals surface area (Å²) in [5.41, 5.74) is 17.1. The lowest BCUT2D eigenvalue weighted by atomic mass is 9.43. The van der Waals surface area contributed by atoms with Crippen LogP contribution in [0.1, 0.15) is 43.2 Å². The minimum absolute atomic E-state index is 0.146. The van der Waals surface area contributed by atoms with E-state index in [0.717, 1.165) is 40.3 Å². The SMILES string of the molecule is c1ccc2c(c1)-c1ccc(-n3c4ccccc4c4cc(-c5ccc6c(c5)c5ccccc5n6-c5cccc6cccnc56)ccc43)cc1C21C2CC3CC(C2)CC1C3. The van der Waals surface area contributed by atoms with Gasteiger partial charge in [0.2, 0.25) is 0 Å². The molecule has 58 heavy (non-hydrogen) atoms. The van der Waals surface area contributed by atoms with Gasteiger partial charge in [0.1, 0.15) is 0 Å². The highest BCUT2D eigenvalue weighted by atomic mass is 15.0. The zero-order valence-corrected chi connectivity index (χ0v) is 32.3. The van der Waals surface area contributed by atoms with Crippen molar-refractivity contribution < 1.29 is 0 Å². The lowest BCUT2D eigenvalue weighted by Gasteiger charge is -2.61. The van der Waals surface area contributed by atoms with Crippen LogP contribution in [0.25, 0.3) is 88.1 Å². The molecule has 4 saturated carbocycles. The van der Waals surface area contributed by atoms with Crippen LogP contribution < -0.4 is 0 Å². The van der Waals surface area contributed by atoms with Gasteiger partial charge in [-0.15, -0.1) is 0 Å². The molecule has 3 nitrogen and oxygen atoms in total. The molecule has 276 valence electrons. The summed E-state index contributed by atoms with van der Waals surface area (Å²) in [5.74, 6) is 3.36. The molecule has 0 amide bonds. The van der Waals surface area contributed by atoms with E-state index >= 15 is 0 Å². The Labute approximate surface area is 337 Å². The van der Waals surface area contributed by atoms with Crippen molar-refractivity contribution in [3.05, 3.63) is 175 Å². The van der Waals surface area contributed by atoms with Crippen molar-refractivity contribution in [1.82, 2.24) is 14.1 Å². The minimum Gasteiger partial charge on any atom is -0.309 e. The Balaban J connectivity index is 0.939. The second kappa shape index (κ2) is 11.4. The van der Waals surface area contributed by atoms with Crippen LogP contribution in [0, 0.1) is 23.7 Å². The van der Waals surface area contributed by atoms with Crippen molar-refractivity contribution in [1.29, 1.82) is 0 Å². The topological polar surface area (TPSA) is 22.8 Å². The molecule has 10 aromatic rings. The van der Waals surface area contributed by atoms with Gasteiger partial charge in [-0.05, 0) is 150 Å². The van der Waals surface area contributed by atoms with E-state index < -0.39 is 0 Å². The first kappa shape index (κ1) is 31.6. The van der Waals surface area contributed by atoms with Crippen LogP contribution >= 0.6 is 0 Å². The first-order chi connectivity index (χ1) is 28.7. The van der Waals surface area contributed by atoms with Crippen LogP contribution in [0.15, 0.2) is 164 Å². The van der Waals surface area contributed by atoms with E-state index in [1.165, 1.54) is 104 Å². The molecule has 0 N–H and O–H groups in total. The molecule has 5 aliphatic rings. The van der Waals surface area contributed by atoms with E-state index in [4.69, 9.17) is 4.98 Å². The van der Waals surface area contributed by atoms with Crippen LogP contribution in [0.2, 0.25) is 0 Å². The molecule has 15 rings (SSSR count). The normalized spacial score (nSPS) is 22.9. The third-order valence-electron chi connectivity index (χ3n) is 15.3. The maximum atomic E-state index is 4.84. The van der Waals surface area contributed by atoms with Crippen LogP contribution in [-0.4, -0.2) is 14.1 Å². The molecular weight excluding hydrogens is 703 g/mol. The van der Waals surface area contributed by atoms with Crippen LogP contribution in [0.5, 0.6) is 0 Å². The highest BCUT2D eigenvalue weighted by Gasteiger charge is 2.61. The Morgan fingerprint density at radius 2 is 1.05 bits per heavy atom. The van der Waals surface area contributed by atoms with Crippen LogP contribution in [0.4, 0.5) is 0 Å². The van der Waals surface area contributed by atoms with Gasteiger partial charge in [0.15, 0.2) is 0 Å². The monoisotopic (exact) mass is 743 g/mol. The molecule has 3 heteroatoms. The molecule has 0 radical (unpaired) electrons. The van der Waals surface area contributed by atoms with Crippen molar-refractivity contribution in [3.8, 4) is 33.6 Å². The summed E-state index contributed by atoms with van der Waals surface area (Å²) < 4.78 is 4.94. The minimum atomic E-state index is 0.146.